The van der Waals surface area contributed by atoms with E-state index in [4.69, 9.17) is 0 Å². The van der Waals surface area contributed by atoms with Crippen LogP contribution in [0.4, 0.5) is 0 Å². The van der Waals surface area contributed by atoms with Crippen molar-refractivity contribution in [1.82, 2.24) is 15.1 Å². The molecule has 0 saturated carbocycles. The van der Waals surface area contributed by atoms with Crippen LogP contribution in [0.2, 0.25) is 0 Å². The topological polar surface area (TPSA) is 69.2 Å². The zero-order valence-electron chi connectivity index (χ0n) is 9.72. The van der Waals surface area contributed by atoms with E-state index < -0.39 is 0 Å². The first kappa shape index (κ1) is 12.6. The normalized spacial score (nSPS) is 10.3. The van der Waals surface area contributed by atoms with Gasteiger partial charge in [-0.3, -0.25) is 9.89 Å². The van der Waals surface area contributed by atoms with Gasteiger partial charge in [-0.25, -0.2) is 0 Å². The van der Waals surface area contributed by atoms with E-state index in [2.05, 4.69) is 26.1 Å². The van der Waals surface area contributed by atoms with E-state index in [0.29, 0.717) is 6.54 Å². The molecular weight excluding hydrogens is 298 g/mol. The second kappa shape index (κ2) is 5.22. The predicted molar refractivity (Wildman–Crippen MR) is 70.2 cm³/mol. The number of halogens is 1. The number of nitrogens with zero attached hydrogens (tertiary/aromatic N) is 2. The number of aromatic amines is 1. The number of phenols is 1. The van der Waals surface area contributed by atoms with Gasteiger partial charge in [0, 0.05) is 29.8 Å². The Kier molecular flexibility index (Phi) is 3.66. The highest BCUT2D eigenvalue weighted by molar-refractivity contribution is 9.10. The number of benzene rings is 1. The summed E-state index contributed by atoms with van der Waals surface area (Å²) in [6, 6.07) is 4.81. The summed E-state index contributed by atoms with van der Waals surface area (Å²) in [7, 11) is 1.68. The molecule has 2 rings (SSSR count). The second-order valence-electron chi connectivity index (χ2n) is 3.93. The number of rotatable bonds is 3. The average Bonchev–Trinajstić information content (AvgIpc) is 2.81. The smallest absolute Gasteiger partial charge is 0.257 e. The summed E-state index contributed by atoms with van der Waals surface area (Å²) in [5.41, 5.74) is 1.19. The first-order chi connectivity index (χ1) is 8.58. The SMILES string of the molecule is CN(Cc1cn[nH]c1)C(=O)c1ccc(Br)cc1O. The summed E-state index contributed by atoms with van der Waals surface area (Å²) >= 11 is 3.23. The Balaban J connectivity index is 2.15. The lowest BCUT2D eigenvalue weighted by Gasteiger charge is -2.16. The molecule has 0 spiro atoms. The van der Waals surface area contributed by atoms with Crippen molar-refractivity contribution in [1.29, 1.82) is 0 Å². The molecule has 1 heterocycles. The van der Waals surface area contributed by atoms with Gasteiger partial charge in [0.25, 0.3) is 5.91 Å². The van der Waals surface area contributed by atoms with E-state index in [-0.39, 0.29) is 17.2 Å². The molecule has 0 radical (unpaired) electrons. The molecule has 18 heavy (non-hydrogen) atoms. The summed E-state index contributed by atoms with van der Waals surface area (Å²) in [6.45, 7) is 0.435. The summed E-state index contributed by atoms with van der Waals surface area (Å²) < 4.78 is 0.731. The zero-order valence-corrected chi connectivity index (χ0v) is 11.3. The van der Waals surface area contributed by atoms with E-state index in [1.54, 1.807) is 31.6 Å². The van der Waals surface area contributed by atoms with Gasteiger partial charge >= 0.3 is 0 Å². The standard InChI is InChI=1S/C12H12BrN3O2/c1-16(7-8-5-14-15-6-8)12(18)10-3-2-9(13)4-11(10)17/h2-6,17H,7H2,1H3,(H,14,15). The van der Waals surface area contributed by atoms with Crippen LogP contribution in [-0.2, 0) is 6.54 Å². The quantitative estimate of drug-likeness (QED) is 0.912. The molecule has 0 bridgehead atoms. The van der Waals surface area contributed by atoms with E-state index in [9.17, 15) is 9.90 Å². The molecular formula is C12H12BrN3O2. The zero-order chi connectivity index (χ0) is 13.1. The molecule has 94 valence electrons. The third kappa shape index (κ3) is 2.70. The lowest BCUT2D eigenvalue weighted by Crippen LogP contribution is -2.26. The first-order valence-corrected chi connectivity index (χ1v) is 6.09. The molecule has 0 fully saturated rings. The number of amides is 1. The van der Waals surface area contributed by atoms with Crippen molar-refractivity contribution < 1.29 is 9.90 Å². The summed E-state index contributed by atoms with van der Waals surface area (Å²) in [4.78, 5) is 13.6. The maximum atomic E-state index is 12.1. The van der Waals surface area contributed by atoms with Gasteiger partial charge in [0.05, 0.1) is 11.8 Å². The molecule has 0 atom stereocenters. The molecule has 2 aromatic rings. The van der Waals surface area contributed by atoms with Gasteiger partial charge < -0.3 is 10.0 Å². The van der Waals surface area contributed by atoms with Crippen LogP contribution in [0, 0.1) is 0 Å². The number of carbonyl (C=O) groups excluding carboxylic acids is 1. The molecule has 0 aliphatic heterocycles. The van der Waals surface area contributed by atoms with E-state index in [0.717, 1.165) is 10.0 Å². The number of hydrogen-bond donors (Lipinski definition) is 2. The van der Waals surface area contributed by atoms with E-state index >= 15 is 0 Å². The third-order valence-corrected chi connectivity index (χ3v) is 3.00. The molecule has 0 aliphatic carbocycles. The highest BCUT2D eigenvalue weighted by Gasteiger charge is 2.16. The van der Waals surface area contributed by atoms with Crippen LogP contribution < -0.4 is 0 Å². The fourth-order valence-corrected chi connectivity index (χ4v) is 1.95. The first-order valence-electron chi connectivity index (χ1n) is 5.29. The molecule has 1 aromatic heterocycles. The molecule has 1 aromatic carbocycles. The predicted octanol–water partition coefficient (Wildman–Crippen LogP) is 2.15. The number of carbonyl (C=O) groups is 1. The Bertz CT molecular complexity index is 554. The van der Waals surface area contributed by atoms with Crippen LogP contribution in [0.15, 0.2) is 35.1 Å². The van der Waals surface area contributed by atoms with Crippen molar-refractivity contribution in [3.63, 3.8) is 0 Å². The molecule has 6 heteroatoms. The maximum Gasteiger partial charge on any atom is 0.257 e. The number of nitrogens with one attached hydrogen (secondary N) is 1. The summed E-state index contributed by atoms with van der Waals surface area (Å²) in [6.07, 6.45) is 3.39. The molecule has 0 unspecified atom stereocenters. The Labute approximate surface area is 113 Å². The highest BCUT2D eigenvalue weighted by Crippen LogP contribution is 2.23. The monoisotopic (exact) mass is 309 g/mol. The van der Waals surface area contributed by atoms with Gasteiger partial charge in [0.2, 0.25) is 0 Å². The van der Waals surface area contributed by atoms with Crippen LogP contribution in [0.25, 0.3) is 0 Å². The Morgan fingerprint density at radius 2 is 2.33 bits per heavy atom. The van der Waals surface area contributed by atoms with Crippen LogP contribution >= 0.6 is 15.9 Å². The number of hydrogen-bond acceptors (Lipinski definition) is 3. The van der Waals surface area contributed by atoms with Crippen LogP contribution in [0.3, 0.4) is 0 Å². The summed E-state index contributed by atoms with van der Waals surface area (Å²) in [5.74, 6) is -0.269. The van der Waals surface area contributed by atoms with Gasteiger partial charge in [-0.05, 0) is 18.2 Å². The Hall–Kier alpha value is -1.82. The lowest BCUT2D eigenvalue weighted by molar-refractivity contribution is 0.0782. The van der Waals surface area contributed by atoms with Crippen LogP contribution in [0.1, 0.15) is 15.9 Å². The molecule has 1 amide bonds. The second-order valence-corrected chi connectivity index (χ2v) is 4.84. The lowest BCUT2D eigenvalue weighted by atomic mass is 10.1. The van der Waals surface area contributed by atoms with Gasteiger partial charge in [-0.2, -0.15) is 5.10 Å². The van der Waals surface area contributed by atoms with Gasteiger partial charge in [-0.15, -0.1) is 0 Å². The molecule has 2 N–H and O–H groups in total. The average molecular weight is 310 g/mol. The number of H-pyrrole nitrogens is 1. The van der Waals surface area contributed by atoms with Crippen molar-refractivity contribution in [3.8, 4) is 5.75 Å². The third-order valence-electron chi connectivity index (χ3n) is 2.51. The van der Waals surface area contributed by atoms with Crippen molar-refractivity contribution >= 4 is 21.8 Å². The molecule has 5 nitrogen and oxygen atoms in total. The largest absolute Gasteiger partial charge is 0.507 e. The van der Waals surface area contributed by atoms with E-state index in [1.165, 1.54) is 11.0 Å². The van der Waals surface area contributed by atoms with Gasteiger partial charge in [0.1, 0.15) is 5.75 Å². The number of phenolic OH excluding ortho intramolecular Hbond substituents is 1. The van der Waals surface area contributed by atoms with Crippen molar-refractivity contribution in [2.24, 2.45) is 0 Å². The van der Waals surface area contributed by atoms with Crippen molar-refractivity contribution in [2.45, 2.75) is 6.54 Å². The van der Waals surface area contributed by atoms with Crippen LogP contribution in [0.5, 0.6) is 5.75 Å². The molecule has 0 saturated heterocycles. The minimum absolute atomic E-state index is 0.0339. The number of aromatic hydroxyl groups is 1. The maximum absolute atomic E-state index is 12.1. The van der Waals surface area contributed by atoms with E-state index in [1.807, 2.05) is 0 Å². The summed E-state index contributed by atoms with van der Waals surface area (Å²) in [5, 5.41) is 16.2. The highest BCUT2D eigenvalue weighted by atomic mass is 79.9. The fourth-order valence-electron chi connectivity index (χ4n) is 1.60. The molecule has 0 aliphatic rings. The van der Waals surface area contributed by atoms with Gasteiger partial charge in [-0.1, -0.05) is 15.9 Å². The Morgan fingerprint density at radius 3 is 2.94 bits per heavy atom. The van der Waals surface area contributed by atoms with Gasteiger partial charge in [0.15, 0.2) is 0 Å². The Morgan fingerprint density at radius 1 is 1.56 bits per heavy atom. The van der Waals surface area contributed by atoms with Crippen LogP contribution in [-0.4, -0.2) is 33.2 Å². The van der Waals surface area contributed by atoms with Crippen molar-refractivity contribution in [2.75, 3.05) is 7.05 Å². The minimum Gasteiger partial charge on any atom is -0.507 e. The minimum atomic E-state index is -0.235. The number of aromatic nitrogens is 2. The fraction of sp³-hybridized carbons (Fsp3) is 0.167. The van der Waals surface area contributed by atoms with Crippen molar-refractivity contribution in [3.05, 3.63) is 46.2 Å².